The minimum absolute atomic E-state index is 0.108. The van der Waals surface area contributed by atoms with Crippen molar-refractivity contribution in [2.75, 3.05) is 6.61 Å². The molecule has 0 radical (unpaired) electrons. The van der Waals surface area contributed by atoms with Crippen LogP contribution < -0.4 is 0 Å². The van der Waals surface area contributed by atoms with E-state index in [4.69, 9.17) is 9.72 Å². The largest absolute Gasteiger partial charge is 0.466 e. The molecule has 4 heteroatoms. The molecule has 3 rings (SSSR count). The standard InChI is InChI=1S/C17H19NO2S/c1-4-20-15(19)9-14-18-16-11-7-5-6-8-12(11)17(2,3)10-13(16)21-14/h5-8H,4,9-10H2,1-3H3. The molecule has 110 valence electrons. The van der Waals surface area contributed by atoms with Crippen LogP contribution in [0.3, 0.4) is 0 Å². The fourth-order valence-electron chi connectivity index (χ4n) is 2.92. The number of carbonyl (C=O) groups excluding carboxylic acids is 1. The number of aromatic nitrogens is 1. The number of thiazole rings is 1. The Morgan fingerprint density at radius 3 is 2.90 bits per heavy atom. The highest BCUT2D eigenvalue weighted by molar-refractivity contribution is 7.12. The molecule has 0 saturated heterocycles. The van der Waals surface area contributed by atoms with Gasteiger partial charge in [-0.2, -0.15) is 0 Å². The van der Waals surface area contributed by atoms with Crippen LogP contribution in [0, 0.1) is 0 Å². The lowest BCUT2D eigenvalue weighted by Crippen LogP contribution is -2.24. The molecule has 0 bridgehead atoms. The van der Waals surface area contributed by atoms with Gasteiger partial charge in [0.05, 0.1) is 18.7 Å². The first kappa shape index (κ1) is 14.3. The third-order valence-electron chi connectivity index (χ3n) is 3.86. The molecule has 1 aliphatic rings. The van der Waals surface area contributed by atoms with Crippen LogP contribution in [0.25, 0.3) is 11.3 Å². The molecular weight excluding hydrogens is 282 g/mol. The van der Waals surface area contributed by atoms with Crippen LogP contribution in [0.4, 0.5) is 0 Å². The Balaban J connectivity index is 1.99. The van der Waals surface area contributed by atoms with Gasteiger partial charge in [-0.15, -0.1) is 11.3 Å². The van der Waals surface area contributed by atoms with E-state index in [0.717, 1.165) is 17.1 Å². The number of esters is 1. The number of nitrogens with zero attached hydrogens (tertiary/aromatic N) is 1. The zero-order valence-corrected chi connectivity index (χ0v) is 13.4. The van der Waals surface area contributed by atoms with Crippen molar-refractivity contribution in [3.63, 3.8) is 0 Å². The van der Waals surface area contributed by atoms with Gasteiger partial charge in [-0.05, 0) is 24.3 Å². The molecule has 0 atom stereocenters. The molecule has 1 aromatic heterocycles. The maximum atomic E-state index is 11.6. The van der Waals surface area contributed by atoms with Gasteiger partial charge in [0.15, 0.2) is 0 Å². The van der Waals surface area contributed by atoms with Crippen molar-refractivity contribution in [1.29, 1.82) is 0 Å². The van der Waals surface area contributed by atoms with Crippen LogP contribution in [0.15, 0.2) is 24.3 Å². The summed E-state index contributed by atoms with van der Waals surface area (Å²) in [7, 11) is 0. The Bertz CT molecular complexity index is 688. The Morgan fingerprint density at radius 1 is 1.38 bits per heavy atom. The molecule has 0 fully saturated rings. The van der Waals surface area contributed by atoms with Gasteiger partial charge < -0.3 is 4.74 Å². The Kier molecular flexibility index (Phi) is 3.57. The fraction of sp³-hybridized carbons (Fsp3) is 0.412. The molecule has 0 saturated carbocycles. The van der Waals surface area contributed by atoms with Gasteiger partial charge in [0, 0.05) is 10.4 Å². The molecule has 0 spiro atoms. The van der Waals surface area contributed by atoms with Crippen LogP contribution in [0.2, 0.25) is 0 Å². The molecular formula is C17H19NO2S. The summed E-state index contributed by atoms with van der Waals surface area (Å²) >= 11 is 1.64. The van der Waals surface area contributed by atoms with Crippen LogP contribution in [0.5, 0.6) is 0 Å². The third kappa shape index (κ3) is 2.60. The summed E-state index contributed by atoms with van der Waals surface area (Å²) in [4.78, 5) is 17.6. The summed E-state index contributed by atoms with van der Waals surface area (Å²) < 4.78 is 5.02. The Hall–Kier alpha value is -1.68. The second-order valence-corrected chi connectivity index (χ2v) is 7.14. The summed E-state index contributed by atoms with van der Waals surface area (Å²) in [5.41, 5.74) is 3.70. The van der Waals surface area contributed by atoms with Gasteiger partial charge in [0.1, 0.15) is 5.01 Å². The van der Waals surface area contributed by atoms with Gasteiger partial charge in [-0.3, -0.25) is 4.79 Å². The van der Waals surface area contributed by atoms with E-state index in [1.54, 1.807) is 11.3 Å². The van der Waals surface area contributed by atoms with Crippen LogP contribution in [-0.2, 0) is 27.8 Å². The van der Waals surface area contributed by atoms with Gasteiger partial charge in [0.2, 0.25) is 0 Å². The predicted molar refractivity (Wildman–Crippen MR) is 84.6 cm³/mol. The van der Waals surface area contributed by atoms with E-state index in [0.29, 0.717) is 6.61 Å². The van der Waals surface area contributed by atoms with Gasteiger partial charge >= 0.3 is 5.97 Å². The first-order valence-corrected chi connectivity index (χ1v) is 8.07. The van der Waals surface area contributed by atoms with E-state index >= 15 is 0 Å². The van der Waals surface area contributed by atoms with Gasteiger partial charge in [-0.25, -0.2) is 4.98 Å². The number of ether oxygens (including phenoxy) is 1. The van der Waals surface area contributed by atoms with Crippen molar-refractivity contribution in [1.82, 2.24) is 4.98 Å². The second-order valence-electron chi connectivity index (χ2n) is 5.97. The number of carbonyl (C=O) groups is 1. The van der Waals surface area contributed by atoms with Crippen molar-refractivity contribution < 1.29 is 9.53 Å². The maximum Gasteiger partial charge on any atom is 0.312 e. The van der Waals surface area contributed by atoms with E-state index in [1.807, 2.05) is 13.0 Å². The van der Waals surface area contributed by atoms with E-state index in [9.17, 15) is 4.79 Å². The average molecular weight is 301 g/mol. The van der Waals surface area contributed by atoms with E-state index in [1.165, 1.54) is 16.0 Å². The molecule has 0 amide bonds. The topological polar surface area (TPSA) is 39.2 Å². The lowest BCUT2D eigenvalue weighted by molar-refractivity contribution is -0.142. The Labute approximate surface area is 129 Å². The summed E-state index contributed by atoms with van der Waals surface area (Å²) in [6.07, 6.45) is 1.24. The van der Waals surface area contributed by atoms with Crippen molar-refractivity contribution in [3.8, 4) is 11.3 Å². The fourth-order valence-corrected chi connectivity index (χ4v) is 4.21. The number of rotatable bonds is 3. The van der Waals surface area contributed by atoms with Crippen molar-refractivity contribution in [3.05, 3.63) is 39.7 Å². The third-order valence-corrected chi connectivity index (χ3v) is 4.91. The smallest absolute Gasteiger partial charge is 0.312 e. The normalized spacial score (nSPS) is 15.2. The summed E-state index contributed by atoms with van der Waals surface area (Å²) in [6.45, 7) is 6.77. The zero-order chi connectivity index (χ0) is 15.0. The molecule has 1 heterocycles. The molecule has 1 aliphatic carbocycles. The van der Waals surface area contributed by atoms with Crippen LogP contribution in [-0.4, -0.2) is 17.6 Å². The first-order valence-electron chi connectivity index (χ1n) is 7.25. The van der Waals surface area contributed by atoms with Crippen molar-refractivity contribution in [2.45, 2.75) is 39.0 Å². The zero-order valence-electron chi connectivity index (χ0n) is 12.6. The maximum absolute atomic E-state index is 11.6. The predicted octanol–water partition coefficient (Wildman–Crippen LogP) is 3.75. The van der Waals surface area contributed by atoms with Crippen LogP contribution in [0.1, 0.15) is 36.2 Å². The molecule has 0 unspecified atom stereocenters. The van der Waals surface area contributed by atoms with Gasteiger partial charge in [0.25, 0.3) is 0 Å². The lowest BCUT2D eigenvalue weighted by atomic mass is 9.74. The quantitative estimate of drug-likeness (QED) is 0.811. The molecule has 1 aromatic carbocycles. The molecule has 0 aliphatic heterocycles. The lowest BCUT2D eigenvalue weighted by Gasteiger charge is -2.31. The van der Waals surface area contributed by atoms with E-state index < -0.39 is 0 Å². The van der Waals surface area contributed by atoms with Gasteiger partial charge in [-0.1, -0.05) is 38.1 Å². The molecule has 3 nitrogen and oxygen atoms in total. The van der Waals surface area contributed by atoms with Crippen molar-refractivity contribution >= 4 is 17.3 Å². The molecule has 0 N–H and O–H groups in total. The molecule has 21 heavy (non-hydrogen) atoms. The number of benzene rings is 1. The molecule has 2 aromatic rings. The number of hydrogen-bond acceptors (Lipinski definition) is 4. The average Bonchev–Trinajstić information content (AvgIpc) is 2.80. The van der Waals surface area contributed by atoms with E-state index in [-0.39, 0.29) is 17.8 Å². The van der Waals surface area contributed by atoms with Crippen LogP contribution >= 0.6 is 11.3 Å². The highest BCUT2D eigenvalue weighted by Gasteiger charge is 2.33. The van der Waals surface area contributed by atoms with Crippen molar-refractivity contribution in [2.24, 2.45) is 0 Å². The highest BCUT2D eigenvalue weighted by atomic mass is 32.1. The van der Waals surface area contributed by atoms with E-state index in [2.05, 4.69) is 32.0 Å². The number of fused-ring (bicyclic) bond motifs is 3. The summed E-state index contributed by atoms with van der Waals surface area (Å²) in [5, 5.41) is 0.853. The first-order chi connectivity index (χ1) is 10.0. The highest BCUT2D eigenvalue weighted by Crippen LogP contribution is 2.44. The minimum atomic E-state index is -0.198. The minimum Gasteiger partial charge on any atom is -0.466 e. The Morgan fingerprint density at radius 2 is 2.14 bits per heavy atom. The summed E-state index contributed by atoms with van der Waals surface area (Å²) in [5.74, 6) is -0.198. The SMILES string of the molecule is CCOC(=O)Cc1nc2c(s1)CC(C)(C)c1ccccc1-2. The summed E-state index contributed by atoms with van der Waals surface area (Å²) in [6, 6.07) is 8.44. The second kappa shape index (κ2) is 5.26. The monoisotopic (exact) mass is 301 g/mol. The number of hydrogen-bond donors (Lipinski definition) is 0.